The van der Waals surface area contributed by atoms with Gasteiger partial charge in [-0.25, -0.2) is 14.1 Å². The van der Waals surface area contributed by atoms with E-state index in [1.165, 1.54) is 23.4 Å². The van der Waals surface area contributed by atoms with Gasteiger partial charge in [0, 0.05) is 17.6 Å². The summed E-state index contributed by atoms with van der Waals surface area (Å²) < 4.78 is 15.5. The highest BCUT2D eigenvalue weighted by atomic mass is 35.5. The highest BCUT2D eigenvalue weighted by molar-refractivity contribution is 5.92. The minimum atomic E-state index is -0.457. The van der Waals surface area contributed by atoms with E-state index in [0.29, 0.717) is 17.4 Å². The zero-order valence-corrected chi connectivity index (χ0v) is 13.5. The lowest BCUT2D eigenvalue weighted by Gasteiger charge is -2.27. The molecule has 0 radical (unpaired) electrons. The molecule has 2 atom stereocenters. The molecule has 3 rings (SSSR count). The fourth-order valence-electron chi connectivity index (χ4n) is 2.72. The van der Waals surface area contributed by atoms with Crippen LogP contribution >= 0.6 is 12.4 Å². The van der Waals surface area contributed by atoms with E-state index < -0.39 is 5.82 Å². The minimum absolute atomic E-state index is 0. The van der Waals surface area contributed by atoms with E-state index in [-0.39, 0.29) is 24.2 Å². The van der Waals surface area contributed by atoms with Gasteiger partial charge in [0.15, 0.2) is 5.82 Å². The Morgan fingerprint density at radius 2 is 2.30 bits per heavy atom. The van der Waals surface area contributed by atoms with Gasteiger partial charge in [-0.3, -0.25) is 4.79 Å². The van der Waals surface area contributed by atoms with Crippen molar-refractivity contribution in [2.75, 3.05) is 11.9 Å². The maximum atomic E-state index is 14.1. The lowest BCUT2D eigenvalue weighted by Crippen LogP contribution is -2.40. The molecule has 1 aromatic heterocycles. The first-order valence-corrected chi connectivity index (χ1v) is 7.32. The zero-order valence-electron chi connectivity index (χ0n) is 12.7. The Morgan fingerprint density at radius 3 is 2.96 bits per heavy atom. The number of hydrogen-bond donors (Lipinski definition) is 2. The van der Waals surface area contributed by atoms with Crippen LogP contribution in [0, 0.1) is 11.7 Å². The number of benzene rings is 1. The number of amides is 1. The average molecular weight is 340 g/mol. The van der Waals surface area contributed by atoms with Gasteiger partial charge in [-0.05, 0) is 44.5 Å². The van der Waals surface area contributed by atoms with E-state index in [2.05, 4.69) is 27.6 Å². The molecule has 1 amide bonds. The maximum Gasteiger partial charge on any atom is 0.227 e. The fraction of sp³-hybridized carbons (Fsp3) is 0.400. The summed E-state index contributed by atoms with van der Waals surface area (Å²) in [5.41, 5.74) is 0.753. The van der Waals surface area contributed by atoms with Crippen LogP contribution in [0.15, 0.2) is 30.9 Å². The van der Waals surface area contributed by atoms with E-state index >= 15 is 0 Å². The molecule has 1 aliphatic rings. The quantitative estimate of drug-likeness (QED) is 0.899. The molecular formula is C15H19ClFN5O. The molecule has 6 nitrogen and oxygen atoms in total. The summed E-state index contributed by atoms with van der Waals surface area (Å²) in [7, 11) is 0. The van der Waals surface area contributed by atoms with Crippen molar-refractivity contribution in [2.24, 2.45) is 5.92 Å². The minimum Gasteiger partial charge on any atom is -0.326 e. The Bertz CT molecular complexity index is 664. The van der Waals surface area contributed by atoms with Crippen molar-refractivity contribution >= 4 is 24.0 Å². The van der Waals surface area contributed by atoms with Crippen LogP contribution in [0.2, 0.25) is 0 Å². The van der Waals surface area contributed by atoms with Crippen molar-refractivity contribution in [1.82, 2.24) is 20.1 Å². The molecular weight excluding hydrogens is 321 g/mol. The monoisotopic (exact) mass is 339 g/mol. The van der Waals surface area contributed by atoms with Crippen LogP contribution in [-0.2, 0) is 4.79 Å². The SMILES string of the molecule is C[C@H]1C[C@@H](C(=O)Nc2ccc(-n3cncn3)c(F)c2)CCN1.Cl. The Labute approximate surface area is 139 Å². The molecule has 1 aliphatic heterocycles. The van der Waals surface area contributed by atoms with Crippen molar-refractivity contribution in [1.29, 1.82) is 0 Å². The molecule has 2 heterocycles. The molecule has 1 saturated heterocycles. The number of carbonyl (C=O) groups excluding carboxylic acids is 1. The second kappa shape index (κ2) is 7.52. The predicted octanol–water partition coefficient (Wildman–Crippen LogP) is 2.15. The molecule has 8 heteroatoms. The topological polar surface area (TPSA) is 71.8 Å². The Balaban J connectivity index is 0.00000192. The summed E-state index contributed by atoms with van der Waals surface area (Å²) >= 11 is 0. The van der Waals surface area contributed by atoms with Gasteiger partial charge in [-0.15, -0.1) is 12.4 Å². The molecule has 1 aromatic carbocycles. The number of piperidine rings is 1. The van der Waals surface area contributed by atoms with Crippen LogP contribution in [-0.4, -0.2) is 33.3 Å². The molecule has 2 N–H and O–H groups in total. The van der Waals surface area contributed by atoms with Crippen molar-refractivity contribution in [3.63, 3.8) is 0 Å². The molecule has 0 bridgehead atoms. The van der Waals surface area contributed by atoms with Crippen molar-refractivity contribution in [3.05, 3.63) is 36.7 Å². The molecule has 1 fully saturated rings. The van der Waals surface area contributed by atoms with Crippen LogP contribution in [0.3, 0.4) is 0 Å². The number of nitrogens with one attached hydrogen (secondary N) is 2. The third-order valence-corrected chi connectivity index (χ3v) is 3.88. The van der Waals surface area contributed by atoms with Crippen LogP contribution < -0.4 is 10.6 Å². The lowest BCUT2D eigenvalue weighted by atomic mass is 9.92. The number of carbonyl (C=O) groups is 1. The van der Waals surface area contributed by atoms with Crippen molar-refractivity contribution < 1.29 is 9.18 Å². The van der Waals surface area contributed by atoms with E-state index in [4.69, 9.17) is 0 Å². The number of hydrogen-bond acceptors (Lipinski definition) is 4. The van der Waals surface area contributed by atoms with Gasteiger partial charge in [0.2, 0.25) is 5.91 Å². The van der Waals surface area contributed by atoms with Gasteiger partial charge < -0.3 is 10.6 Å². The number of rotatable bonds is 3. The number of anilines is 1. The van der Waals surface area contributed by atoms with Gasteiger partial charge >= 0.3 is 0 Å². The van der Waals surface area contributed by atoms with E-state index in [1.807, 2.05) is 0 Å². The average Bonchev–Trinajstić information content (AvgIpc) is 3.01. The Kier molecular flexibility index (Phi) is 5.68. The highest BCUT2D eigenvalue weighted by Crippen LogP contribution is 2.21. The molecule has 23 heavy (non-hydrogen) atoms. The third-order valence-electron chi connectivity index (χ3n) is 3.88. The molecule has 124 valence electrons. The molecule has 0 unspecified atom stereocenters. The van der Waals surface area contributed by atoms with Gasteiger partial charge in [0.25, 0.3) is 0 Å². The molecule has 0 aliphatic carbocycles. The summed E-state index contributed by atoms with van der Waals surface area (Å²) in [6.45, 7) is 2.89. The third kappa shape index (κ3) is 4.05. The number of halogens is 2. The second-order valence-electron chi connectivity index (χ2n) is 5.57. The van der Waals surface area contributed by atoms with Crippen LogP contribution in [0.1, 0.15) is 19.8 Å². The van der Waals surface area contributed by atoms with Crippen molar-refractivity contribution in [3.8, 4) is 5.69 Å². The maximum absolute atomic E-state index is 14.1. The van der Waals surface area contributed by atoms with Crippen molar-refractivity contribution in [2.45, 2.75) is 25.8 Å². The zero-order chi connectivity index (χ0) is 15.5. The Morgan fingerprint density at radius 1 is 1.48 bits per heavy atom. The van der Waals surface area contributed by atoms with Crippen LogP contribution in [0.4, 0.5) is 10.1 Å². The van der Waals surface area contributed by atoms with Crippen LogP contribution in [0.25, 0.3) is 5.69 Å². The number of nitrogens with zero attached hydrogens (tertiary/aromatic N) is 3. The Hall–Kier alpha value is -1.99. The van der Waals surface area contributed by atoms with Gasteiger partial charge in [0.1, 0.15) is 18.3 Å². The smallest absolute Gasteiger partial charge is 0.227 e. The van der Waals surface area contributed by atoms with Gasteiger partial charge in [0.05, 0.1) is 0 Å². The summed E-state index contributed by atoms with van der Waals surface area (Å²) in [5.74, 6) is -0.544. The summed E-state index contributed by atoms with van der Waals surface area (Å²) in [5, 5.41) is 9.99. The molecule has 2 aromatic rings. The lowest BCUT2D eigenvalue weighted by molar-refractivity contribution is -0.120. The van der Waals surface area contributed by atoms with Gasteiger partial charge in [-0.1, -0.05) is 0 Å². The fourth-order valence-corrected chi connectivity index (χ4v) is 2.72. The van der Waals surface area contributed by atoms with E-state index in [9.17, 15) is 9.18 Å². The van der Waals surface area contributed by atoms with Gasteiger partial charge in [-0.2, -0.15) is 5.10 Å². The van der Waals surface area contributed by atoms with E-state index in [0.717, 1.165) is 19.4 Å². The normalized spacial score (nSPS) is 20.6. The highest BCUT2D eigenvalue weighted by Gasteiger charge is 2.24. The first kappa shape index (κ1) is 17.4. The summed E-state index contributed by atoms with van der Waals surface area (Å²) in [6.07, 6.45) is 4.36. The summed E-state index contributed by atoms with van der Waals surface area (Å²) in [4.78, 5) is 16.0. The van der Waals surface area contributed by atoms with Crippen LogP contribution in [0.5, 0.6) is 0 Å². The standard InChI is InChI=1S/C15H18FN5O.ClH/c1-10-6-11(4-5-18-10)15(22)20-12-2-3-14(13(16)7-12)21-9-17-8-19-21;/h2-3,7-11,18H,4-6H2,1H3,(H,20,22);1H/t10-,11-;/m0./s1. The number of aromatic nitrogens is 3. The molecule has 0 spiro atoms. The van der Waals surface area contributed by atoms with E-state index in [1.54, 1.807) is 12.1 Å². The molecule has 0 saturated carbocycles. The summed E-state index contributed by atoms with van der Waals surface area (Å²) in [6, 6.07) is 4.88. The first-order valence-electron chi connectivity index (χ1n) is 7.32. The first-order chi connectivity index (χ1) is 10.6. The predicted molar refractivity (Wildman–Crippen MR) is 87.4 cm³/mol. The largest absolute Gasteiger partial charge is 0.326 e. The second-order valence-corrected chi connectivity index (χ2v) is 5.57.